The van der Waals surface area contributed by atoms with Crippen molar-refractivity contribution >= 4 is 26.0 Å². The number of hydrogen-bond acceptors (Lipinski definition) is 5. The Bertz CT molecular complexity index is 69.7. The number of carbonyl (C=O) groups is 1. The first-order valence-electron chi connectivity index (χ1n) is 2.01. The van der Waals surface area contributed by atoms with Crippen LogP contribution in [0.5, 0.6) is 0 Å². The summed E-state index contributed by atoms with van der Waals surface area (Å²) in [5.41, 5.74) is 0. The van der Waals surface area contributed by atoms with E-state index in [1.807, 2.05) is 0 Å². The lowest BCUT2D eigenvalue weighted by Crippen LogP contribution is -2.21. The minimum Gasteiger partial charge on any atom is -0.481 e. The SMILES string of the molecule is N[SiH2]OC(=O)O[SiH2]N. The van der Waals surface area contributed by atoms with Crippen molar-refractivity contribution in [2.24, 2.45) is 10.8 Å². The van der Waals surface area contributed by atoms with Gasteiger partial charge in [0.1, 0.15) is 0 Å². The second kappa shape index (κ2) is 4.77. The normalized spacial score (nSPS) is 11.2. The zero-order chi connectivity index (χ0) is 6.41. The van der Waals surface area contributed by atoms with E-state index in [9.17, 15) is 4.79 Å². The van der Waals surface area contributed by atoms with Gasteiger partial charge in [-0.1, -0.05) is 0 Å². The van der Waals surface area contributed by atoms with Crippen molar-refractivity contribution in [3.63, 3.8) is 0 Å². The third-order valence-corrected chi connectivity index (χ3v) is 1.21. The molecule has 0 aliphatic rings. The predicted octanol–water partition coefficient (Wildman–Crippen LogP) is -2.95. The first-order chi connectivity index (χ1) is 3.81. The van der Waals surface area contributed by atoms with Crippen molar-refractivity contribution < 1.29 is 13.6 Å². The van der Waals surface area contributed by atoms with E-state index in [2.05, 4.69) is 8.85 Å². The number of hydrogen-bond donors (Lipinski definition) is 2. The van der Waals surface area contributed by atoms with Crippen LogP contribution in [0.1, 0.15) is 0 Å². The fourth-order valence-electron chi connectivity index (χ4n) is 0.178. The molecular weight excluding hydrogens is 144 g/mol. The predicted molar refractivity (Wildman–Crippen MR) is 33.0 cm³/mol. The fraction of sp³-hybridized carbons (Fsp3) is 0. The summed E-state index contributed by atoms with van der Waals surface area (Å²) in [6.07, 6.45) is -0.715. The van der Waals surface area contributed by atoms with E-state index in [0.717, 1.165) is 0 Å². The molecule has 0 radical (unpaired) electrons. The van der Waals surface area contributed by atoms with Gasteiger partial charge in [0.15, 0.2) is 0 Å². The Hall–Kier alpha value is -0.376. The Morgan fingerprint density at radius 2 is 1.62 bits per heavy atom. The van der Waals surface area contributed by atoms with Gasteiger partial charge in [-0.15, -0.1) is 0 Å². The first-order valence-corrected chi connectivity index (χ1v) is 4.79. The van der Waals surface area contributed by atoms with Crippen LogP contribution in [0.3, 0.4) is 0 Å². The fourth-order valence-corrected chi connectivity index (χ4v) is 0.783. The molecule has 0 saturated carbocycles. The summed E-state index contributed by atoms with van der Waals surface area (Å²) in [7, 11) is -2.32. The van der Waals surface area contributed by atoms with Crippen molar-refractivity contribution in [2.45, 2.75) is 0 Å². The van der Waals surface area contributed by atoms with Gasteiger partial charge in [-0.3, -0.25) is 0 Å². The zero-order valence-electron chi connectivity index (χ0n) is 4.29. The second-order valence-corrected chi connectivity index (χ2v) is 2.12. The van der Waals surface area contributed by atoms with Gasteiger partial charge in [0, 0.05) is 0 Å². The molecule has 0 amide bonds. The summed E-state index contributed by atoms with van der Waals surface area (Å²) in [6, 6.07) is 0. The molecule has 0 aromatic carbocycles. The molecule has 7 heteroatoms. The van der Waals surface area contributed by atoms with Crippen LogP contribution < -0.4 is 10.8 Å². The van der Waals surface area contributed by atoms with Gasteiger partial charge >= 0.3 is 26.0 Å². The molecule has 0 aliphatic carbocycles. The quantitative estimate of drug-likeness (QED) is 0.413. The van der Waals surface area contributed by atoms with Crippen molar-refractivity contribution in [2.75, 3.05) is 0 Å². The van der Waals surface area contributed by atoms with Crippen LogP contribution in [0.25, 0.3) is 0 Å². The molecule has 0 rings (SSSR count). The standard InChI is InChI=1S/CH8N2O3Si2/c2-7-5-1(4)6-8-3/h2-3,7-8H2. The Morgan fingerprint density at radius 3 is 1.88 bits per heavy atom. The molecule has 4 N–H and O–H groups in total. The van der Waals surface area contributed by atoms with Gasteiger partial charge in [0.05, 0.1) is 0 Å². The van der Waals surface area contributed by atoms with E-state index in [1.165, 1.54) is 0 Å². The van der Waals surface area contributed by atoms with Crippen LogP contribution in [-0.4, -0.2) is 26.0 Å². The molecular formula is CH8N2O3Si2. The first kappa shape index (κ1) is 7.62. The van der Waals surface area contributed by atoms with E-state index in [0.29, 0.717) is 0 Å². The number of carbonyl (C=O) groups excluding carboxylic acids is 1. The molecule has 8 heavy (non-hydrogen) atoms. The lowest BCUT2D eigenvalue weighted by Gasteiger charge is -1.99. The minimum atomic E-state index is -1.16. The Balaban J connectivity index is 3.06. The highest BCUT2D eigenvalue weighted by Gasteiger charge is 1.96. The molecule has 0 bridgehead atoms. The highest BCUT2D eigenvalue weighted by Crippen LogP contribution is 1.74. The highest BCUT2D eigenvalue weighted by atomic mass is 28.2. The summed E-state index contributed by atoms with van der Waals surface area (Å²) in [4.78, 5) is 10.1. The molecule has 0 aliphatic heterocycles. The maximum Gasteiger partial charge on any atom is 0.481 e. The van der Waals surface area contributed by atoms with Crippen molar-refractivity contribution in [1.82, 2.24) is 0 Å². The molecule has 5 nitrogen and oxygen atoms in total. The van der Waals surface area contributed by atoms with E-state index in [4.69, 9.17) is 10.8 Å². The average molecular weight is 152 g/mol. The maximum atomic E-state index is 10.1. The topological polar surface area (TPSA) is 87.6 Å². The Kier molecular flexibility index (Phi) is 4.55. The highest BCUT2D eigenvalue weighted by molar-refractivity contribution is 6.29. The molecule has 0 fully saturated rings. The summed E-state index contributed by atoms with van der Waals surface area (Å²) >= 11 is 0. The third-order valence-electron chi connectivity index (χ3n) is 0.402. The maximum absolute atomic E-state index is 10.1. The zero-order valence-corrected chi connectivity index (χ0v) is 7.12. The Labute approximate surface area is 51.4 Å². The van der Waals surface area contributed by atoms with Crippen LogP contribution >= 0.6 is 0 Å². The summed E-state index contributed by atoms with van der Waals surface area (Å²) < 4.78 is 8.59. The lowest BCUT2D eigenvalue weighted by atomic mass is 11.5. The van der Waals surface area contributed by atoms with Gasteiger partial charge in [0.2, 0.25) is 0 Å². The summed E-state index contributed by atoms with van der Waals surface area (Å²) in [5, 5.41) is 9.90. The summed E-state index contributed by atoms with van der Waals surface area (Å²) in [5.74, 6) is 0. The molecule has 0 saturated heterocycles. The smallest absolute Gasteiger partial charge is 0.481 e. The van der Waals surface area contributed by atoms with Gasteiger partial charge in [-0.05, 0) is 0 Å². The van der Waals surface area contributed by atoms with Crippen LogP contribution in [0.15, 0.2) is 0 Å². The van der Waals surface area contributed by atoms with Crippen LogP contribution in [0.2, 0.25) is 0 Å². The minimum absolute atomic E-state index is 0.715. The van der Waals surface area contributed by atoms with Crippen LogP contribution in [0.4, 0.5) is 4.79 Å². The van der Waals surface area contributed by atoms with E-state index >= 15 is 0 Å². The van der Waals surface area contributed by atoms with Crippen molar-refractivity contribution in [1.29, 1.82) is 0 Å². The summed E-state index contributed by atoms with van der Waals surface area (Å²) in [6.45, 7) is 0. The monoisotopic (exact) mass is 152 g/mol. The molecule has 0 unspecified atom stereocenters. The molecule has 0 spiro atoms. The largest absolute Gasteiger partial charge is 0.481 e. The second-order valence-electron chi connectivity index (χ2n) is 0.872. The lowest BCUT2D eigenvalue weighted by molar-refractivity contribution is 0.156. The molecule has 0 aromatic heterocycles. The molecule has 0 heterocycles. The number of nitrogens with two attached hydrogens (primary N) is 2. The van der Waals surface area contributed by atoms with Gasteiger partial charge in [0.25, 0.3) is 0 Å². The average Bonchev–Trinajstić information content (AvgIpc) is 1.68. The van der Waals surface area contributed by atoms with Gasteiger partial charge in [-0.25, -0.2) is 4.79 Å². The third kappa shape index (κ3) is 3.80. The van der Waals surface area contributed by atoms with Gasteiger partial charge in [-0.2, -0.15) is 0 Å². The number of rotatable bonds is 2. The van der Waals surface area contributed by atoms with Crippen molar-refractivity contribution in [3.05, 3.63) is 0 Å². The van der Waals surface area contributed by atoms with E-state index < -0.39 is 26.0 Å². The van der Waals surface area contributed by atoms with E-state index in [-0.39, 0.29) is 0 Å². The van der Waals surface area contributed by atoms with Crippen LogP contribution in [0, 0.1) is 0 Å². The van der Waals surface area contributed by atoms with Gasteiger partial charge < -0.3 is 19.7 Å². The van der Waals surface area contributed by atoms with Crippen molar-refractivity contribution in [3.8, 4) is 0 Å². The Morgan fingerprint density at radius 1 is 1.25 bits per heavy atom. The molecule has 48 valence electrons. The molecule has 0 aromatic rings. The van der Waals surface area contributed by atoms with E-state index in [1.54, 1.807) is 0 Å². The van der Waals surface area contributed by atoms with Crippen LogP contribution in [-0.2, 0) is 8.85 Å². The molecule has 0 atom stereocenters.